The van der Waals surface area contributed by atoms with Crippen molar-refractivity contribution in [3.63, 3.8) is 0 Å². The molecule has 0 fully saturated rings. The predicted octanol–water partition coefficient (Wildman–Crippen LogP) is 2.31. The van der Waals surface area contributed by atoms with Crippen LogP contribution < -0.4 is 0 Å². The first kappa shape index (κ1) is 63.9. The monoisotopic (exact) mass is 860 g/mol. The van der Waals surface area contributed by atoms with E-state index in [9.17, 15) is 24.0 Å². The molecule has 0 aromatic carbocycles. The molecule has 0 aromatic heterocycles. The molecule has 2 radical (unpaired) electrons. The number of aliphatic hydroxyl groups is 1. The minimum Gasteiger partial charge on any atom is -0.481 e. The third kappa shape index (κ3) is 112. The van der Waals surface area contributed by atoms with Gasteiger partial charge >= 0.3 is 18.3 Å². The maximum absolute atomic E-state index is 10.4. The Kier molecular flexibility index (Phi) is 65.3. The second kappa shape index (κ2) is 51.1. The average molecular weight is 860 g/mol. The molecular weight excluding hydrogens is 826 g/mol. The molecule has 6 N–H and O–H groups in total. The molecule has 0 saturated carbocycles. The van der Waals surface area contributed by atoms with Crippen molar-refractivity contribution in [2.45, 2.75) is 60.8 Å². The van der Waals surface area contributed by atoms with Gasteiger partial charge in [0.05, 0.1) is 5.92 Å². The van der Waals surface area contributed by atoms with Crippen LogP contribution in [-0.2, 0) is 89.3 Å². The molecule has 0 saturated heterocycles. The first-order valence-electron chi connectivity index (χ1n) is 12.3. The number of carboxylic acids is 1. The largest absolute Gasteiger partial charge is 0.520 e. The van der Waals surface area contributed by atoms with E-state index in [1.165, 1.54) is 13.8 Å². The number of ether oxygens (including phenoxy) is 2. The third-order valence-electron chi connectivity index (χ3n) is 3.30. The zero-order valence-corrected chi connectivity index (χ0v) is 33.4. The van der Waals surface area contributed by atoms with Crippen LogP contribution in [0.4, 0.5) is 9.59 Å². The molecule has 2 unspecified atom stereocenters. The van der Waals surface area contributed by atoms with E-state index in [-0.39, 0.29) is 89.5 Å². The quantitative estimate of drug-likeness (QED) is 0.0926. The van der Waals surface area contributed by atoms with E-state index in [4.69, 9.17) is 51.1 Å². The summed E-state index contributed by atoms with van der Waals surface area (Å²) in [5, 5.41) is 59.9. The molecular formula is C29H34N2O17Y2. The van der Waals surface area contributed by atoms with Gasteiger partial charge < -0.3 is 49.9 Å². The summed E-state index contributed by atoms with van der Waals surface area (Å²) in [6, 6.07) is 0. The molecule has 0 amide bonds. The number of carboxylic acid groups (broad SMARTS) is 3. The van der Waals surface area contributed by atoms with Gasteiger partial charge in [-0.1, -0.05) is 25.7 Å². The molecule has 19 nitrogen and oxygen atoms in total. The van der Waals surface area contributed by atoms with Crippen LogP contribution in [0.15, 0.2) is 0 Å². The van der Waals surface area contributed by atoms with Crippen molar-refractivity contribution >= 4 is 29.8 Å². The first-order valence-corrected chi connectivity index (χ1v) is 12.3. The van der Waals surface area contributed by atoms with Crippen molar-refractivity contribution in [2.24, 2.45) is 11.8 Å². The van der Waals surface area contributed by atoms with E-state index in [2.05, 4.69) is 68.7 Å². The van der Waals surface area contributed by atoms with E-state index in [1.807, 2.05) is 19.1 Å². The summed E-state index contributed by atoms with van der Waals surface area (Å²) in [5.74, 6) is 22.5. The van der Waals surface area contributed by atoms with E-state index in [1.54, 1.807) is 20.8 Å². The summed E-state index contributed by atoms with van der Waals surface area (Å²) in [6.45, 7) is 9.83. The molecule has 0 aliphatic rings. The molecule has 2 atom stereocenters. The van der Waals surface area contributed by atoms with Gasteiger partial charge in [0.1, 0.15) is 23.8 Å². The van der Waals surface area contributed by atoms with Gasteiger partial charge in [-0.05, 0) is 63.7 Å². The summed E-state index contributed by atoms with van der Waals surface area (Å²) in [7, 11) is 0. The Balaban J connectivity index is -0.0000000724. The second-order valence-electron chi connectivity index (χ2n) is 7.59. The summed E-state index contributed by atoms with van der Waals surface area (Å²) < 4.78 is 7.65. The van der Waals surface area contributed by atoms with Crippen LogP contribution in [0.1, 0.15) is 60.8 Å². The van der Waals surface area contributed by atoms with E-state index < -0.39 is 34.4 Å². The number of hydrogen-bond acceptors (Lipinski definition) is 12. The van der Waals surface area contributed by atoms with Crippen LogP contribution in [0.5, 0.6) is 0 Å². The Labute approximate surface area is 338 Å². The number of ketones is 2. The van der Waals surface area contributed by atoms with Gasteiger partial charge in [-0.15, -0.1) is 20.2 Å². The standard InChI is InChI=1S/2C8H4O3.C7H12O3.C6H12O2.2HNO3.2Y/c2*1-2-3-4-5-6-7-11-8(9)10;1-5(7(9)10)3-4-6(2)8;1-5(4-7)3-6(2)8;2*2-1(3)4;;/h2*1H3,(H,9,10);5H,3-4H2,1-2H3,(H,9,10);5,7H,3-4H2,1-2H3;2*(H,2,3,4);;. The predicted molar refractivity (Wildman–Crippen MR) is 162 cm³/mol. The summed E-state index contributed by atoms with van der Waals surface area (Å²) >= 11 is 0. The molecule has 0 rings (SSSR count). The average Bonchev–Trinajstić information content (AvgIpc) is 2.95. The first-order chi connectivity index (χ1) is 22.2. The third-order valence-corrected chi connectivity index (χ3v) is 3.30. The Bertz CT molecular complexity index is 1330. The van der Waals surface area contributed by atoms with Gasteiger partial charge in [0.25, 0.3) is 10.2 Å². The number of carbonyl (C=O) groups excluding carboxylic acids is 2. The Hall–Kier alpha value is -4.72. The molecule has 0 spiro atoms. The van der Waals surface area contributed by atoms with Crippen LogP contribution in [0.3, 0.4) is 0 Å². The van der Waals surface area contributed by atoms with Crippen LogP contribution in [0.2, 0.25) is 0 Å². The van der Waals surface area contributed by atoms with Crippen LogP contribution in [0, 0.1) is 103 Å². The minimum absolute atomic E-state index is 0. The number of Topliss-reactive ketones (excluding diaryl/α,β-unsaturated/α-hetero) is 2. The molecule has 21 heteroatoms. The summed E-state index contributed by atoms with van der Waals surface area (Å²) in [4.78, 5) is 67.0. The Morgan fingerprint density at radius 2 is 1.00 bits per heavy atom. The van der Waals surface area contributed by atoms with Crippen molar-refractivity contribution in [3.8, 4) is 71.4 Å². The Morgan fingerprint density at radius 1 is 0.680 bits per heavy atom. The topological polar surface area (TPSA) is 311 Å². The number of carbonyl (C=O) groups is 5. The zero-order chi connectivity index (χ0) is 38.9. The van der Waals surface area contributed by atoms with E-state index in [0.29, 0.717) is 19.3 Å². The fourth-order valence-corrected chi connectivity index (χ4v) is 1.54. The van der Waals surface area contributed by atoms with Crippen molar-refractivity contribution < 1.29 is 140 Å². The van der Waals surface area contributed by atoms with Gasteiger partial charge in [0, 0.05) is 109 Å². The van der Waals surface area contributed by atoms with Crippen molar-refractivity contribution in [3.05, 3.63) is 20.2 Å². The Morgan fingerprint density at radius 3 is 1.20 bits per heavy atom. The van der Waals surface area contributed by atoms with Crippen LogP contribution in [-0.4, -0.2) is 77.5 Å². The number of aliphatic hydroxyl groups excluding tert-OH is 1. The van der Waals surface area contributed by atoms with Crippen molar-refractivity contribution in [2.75, 3.05) is 6.61 Å². The SMILES string of the molecule is CC#CC#CC#COC(=O)O.CC#CC#CC#COC(=O)O.CC(=O)CC(C)CO.CC(=O)CCC(C)C(=O)O.O=[N+]([O-])O.O=[N+]([O-])O.[Y].[Y]. The summed E-state index contributed by atoms with van der Waals surface area (Å²) in [5.41, 5.74) is 0. The van der Waals surface area contributed by atoms with Crippen LogP contribution >= 0.6 is 0 Å². The minimum atomic E-state index is -1.50. The molecule has 0 aromatic rings. The van der Waals surface area contributed by atoms with Crippen molar-refractivity contribution in [1.82, 2.24) is 0 Å². The fraction of sp³-hybridized carbons (Fsp3) is 0.414. The maximum atomic E-state index is 10.4. The van der Waals surface area contributed by atoms with Gasteiger partial charge in [0.15, 0.2) is 0 Å². The molecule has 0 aliphatic carbocycles. The number of nitrogens with zero attached hydrogens (tertiary/aromatic N) is 2. The van der Waals surface area contributed by atoms with Crippen LogP contribution in [0.25, 0.3) is 0 Å². The molecule has 0 heterocycles. The van der Waals surface area contributed by atoms with E-state index in [0.717, 1.165) is 0 Å². The fourth-order valence-electron chi connectivity index (χ4n) is 1.54. The number of hydrogen-bond donors (Lipinski definition) is 6. The van der Waals surface area contributed by atoms with E-state index >= 15 is 0 Å². The van der Waals surface area contributed by atoms with Gasteiger partial charge in [0.2, 0.25) is 0 Å². The molecule has 50 heavy (non-hydrogen) atoms. The summed E-state index contributed by atoms with van der Waals surface area (Å²) in [6.07, 6.45) is 2.13. The molecule has 0 aliphatic heterocycles. The van der Waals surface area contributed by atoms with Crippen molar-refractivity contribution in [1.29, 1.82) is 0 Å². The van der Waals surface area contributed by atoms with Gasteiger partial charge in [-0.3, -0.25) is 4.79 Å². The number of aliphatic carboxylic acids is 1. The zero-order valence-electron chi connectivity index (χ0n) is 27.7. The molecule has 0 bridgehead atoms. The number of rotatable bonds is 7. The second-order valence-corrected chi connectivity index (χ2v) is 7.59. The smallest absolute Gasteiger partial charge is 0.481 e. The molecule has 268 valence electrons. The normalized spacial score (nSPS) is 7.90. The maximum Gasteiger partial charge on any atom is 0.520 e. The van der Waals surface area contributed by atoms with Gasteiger partial charge in [-0.25, -0.2) is 9.59 Å². The van der Waals surface area contributed by atoms with Gasteiger partial charge in [-0.2, -0.15) is 0 Å².